The van der Waals surface area contributed by atoms with Gasteiger partial charge in [0.15, 0.2) is 0 Å². The van der Waals surface area contributed by atoms with E-state index in [1.807, 2.05) is 0 Å². The van der Waals surface area contributed by atoms with Crippen LogP contribution in [0.2, 0.25) is 0 Å². The van der Waals surface area contributed by atoms with Crippen LogP contribution in [0.1, 0.15) is 21.6 Å². The maximum Gasteiger partial charge on any atom is 0.350 e. The molecule has 0 saturated heterocycles. The molecule has 146 valence electrons. The van der Waals surface area contributed by atoms with E-state index in [1.165, 1.54) is 43.5 Å². The number of benzene rings is 2. The molecule has 0 amide bonds. The lowest BCUT2D eigenvalue weighted by Crippen LogP contribution is -2.31. The van der Waals surface area contributed by atoms with Crippen molar-refractivity contribution in [1.29, 1.82) is 0 Å². The van der Waals surface area contributed by atoms with Gasteiger partial charge in [0.1, 0.15) is 11.4 Å². The standard InChI is InChI=1S/C20H17F2NO4S/c1-14-5-11-17(12-6-14)28(25,26)23-13-3-4-18(23)20(21,22)19(24)15-7-9-16(27-2)10-8-15/h3-13H,1-2H3. The largest absolute Gasteiger partial charge is 0.497 e. The molecule has 0 radical (unpaired) electrons. The first-order chi connectivity index (χ1) is 13.2. The quantitative estimate of drug-likeness (QED) is 0.581. The Hall–Kier alpha value is -3.00. The van der Waals surface area contributed by atoms with E-state index in [9.17, 15) is 22.0 Å². The van der Waals surface area contributed by atoms with Gasteiger partial charge >= 0.3 is 5.92 Å². The number of methoxy groups -OCH3 is 1. The van der Waals surface area contributed by atoms with Gasteiger partial charge in [-0.25, -0.2) is 12.4 Å². The number of carbonyl (C=O) groups excluding carboxylic acids is 1. The first kappa shape index (κ1) is 19.8. The van der Waals surface area contributed by atoms with E-state index in [0.717, 1.165) is 23.9 Å². The fourth-order valence-corrected chi connectivity index (χ4v) is 4.05. The van der Waals surface area contributed by atoms with Crippen molar-refractivity contribution in [3.05, 3.63) is 83.7 Å². The van der Waals surface area contributed by atoms with Crippen molar-refractivity contribution in [2.24, 2.45) is 0 Å². The summed E-state index contributed by atoms with van der Waals surface area (Å²) in [6.07, 6.45) is 1.000. The molecule has 3 rings (SSSR count). The number of hydrogen-bond acceptors (Lipinski definition) is 4. The minimum atomic E-state index is -4.29. The minimum Gasteiger partial charge on any atom is -0.497 e. The van der Waals surface area contributed by atoms with Gasteiger partial charge in [-0.1, -0.05) is 17.7 Å². The number of hydrogen-bond donors (Lipinski definition) is 0. The first-order valence-corrected chi connectivity index (χ1v) is 9.68. The van der Waals surface area contributed by atoms with Crippen LogP contribution in [0.25, 0.3) is 0 Å². The second kappa shape index (κ2) is 7.20. The number of nitrogens with zero attached hydrogens (tertiary/aromatic N) is 1. The van der Waals surface area contributed by atoms with E-state index in [1.54, 1.807) is 19.1 Å². The summed E-state index contributed by atoms with van der Waals surface area (Å²) in [5.41, 5.74) is -0.355. The van der Waals surface area contributed by atoms with Gasteiger partial charge in [-0.05, 0) is 55.5 Å². The number of ether oxygens (including phenoxy) is 1. The van der Waals surface area contributed by atoms with Crippen molar-refractivity contribution >= 4 is 15.8 Å². The predicted octanol–water partition coefficient (Wildman–Crippen LogP) is 4.02. The monoisotopic (exact) mass is 405 g/mol. The van der Waals surface area contributed by atoms with Crippen LogP contribution >= 0.6 is 0 Å². The number of ketones is 1. The van der Waals surface area contributed by atoms with Crippen LogP contribution in [-0.2, 0) is 15.9 Å². The molecule has 28 heavy (non-hydrogen) atoms. The van der Waals surface area contributed by atoms with E-state index in [2.05, 4.69) is 0 Å². The number of aromatic nitrogens is 1. The Morgan fingerprint density at radius 3 is 2.18 bits per heavy atom. The van der Waals surface area contributed by atoms with E-state index in [-0.39, 0.29) is 10.5 Å². The maximum atomic E-state index is 15.0. The van der Waals surface area contributed by atoms with Gasteiger partial charge in [-0.15, -0.1) is 0 Å². The molecule has 8 heteroatoms. The molecule has 0 atom stereocenters. The van der Waals surface area contributed by atoms with Gasteiger partial charge in [0.05, 0.1) is 12.0 Å². The molecule has 1 heterocycles. The minimum absolute atomic E-state index is 0.150. The third-order valence-corrected chi connectivity index (χ3v) is 5.95. The lowest BCUT2D eigenvalue weighted by atomic mass is 10.0. The van der Waals surface area contributed by atoms with Crippen molar-refractivity contribution in [3.63, 3.8) is 0 Å². The van der Waals surface area contributed by atoms with Crippen molar-refractivity contribution < 1.29 is 26.7 Å². The number of aryl methyl sites for hydroxylation is 1. The van der Waals surface area contributed by atoms with Crippen LogP contribution in [-0.4, -0.2) is 25.3 Å². The van der Waals surface area contributed by atoms with E-state index >= 15 is 0 Å². The Balaban J connectivity index is 2.03. The lowest BCUT2D eigenvalue weighted by Gasteiger charge is -2.18. The summed E-state index contributed by atoms with van der Waals surface area (Å²) in [7, 11) is -2.88. The highest BCUT2D eigenvalue weighted by Crippen LogP contribution is 2.34. The molecule has 5 nitrogen and oxygen atoms in total. The second-order valence-electron chi connectivity index (χ2n) is 6.14. The van der Waals surface area contributed by atoms with Crippen molar-refractivity contribution in [3.8, 4) is 5.75 Å². The van der Waals surface area contributed by atoms with Crippen LogP contribution in [0.15, 0.2) is 71.8 Å². The average Bonchev–Trinajstić information content (AvgIpc) is 3.19. The molecule has 0 N–H and O–H groups in total. The third kappa shape index (κ3) is 3.43. The molecule has 0 saturated carbocycles. The predicted molar refractivity (Wildman–Crippen MR) is 99.4 cm³/mol. The van der Waals surface area contributed by atoms with E-state index in [4.69, 9.17) is 4.74 Å². The molecule has 2 aromatic carbocycles. The first-order valence-electron chi connectivity index (χ1n) is 8.24. The Labute approximate surface area is 161 Å². The smallest absolute Gasteiger partial charge is 0.350 e. The number of rotatable bonds is 6. The molecule has 1 aromatic heterocycles. The second-order valence-corrected chi connectivity index (χ2v) is 7.95. The average molecular weight is 405 g/mol. The van der Waals surface area contributed by atoms with Gasteiger partial charge in [-0.3, -0.25) is 4.79 Å². The van der Waals surface area contributed by atoms with Gasteiger partial charge in [0, 0.05) is 11.8 Å². The number of Topliss-reactive ketones (excluding diaryl/α,β-unsaturated/α-hetero) is 1. The molecular weight excluding hydrogens is 388 g/mol. The Morgan fingerprint density at radius 1 is 1.00 bits per heavy atom. The molecule has 3 aromatic rings. The van der Waals surface area contributed by atoms with Crippen molar-refractivity contribution in [2.75, 3.05) is 7.11 Å². The Morgan fingerprint density at radius 2 is 1.61 bits per heavy atom. The molecule has 0 aliphatic heterocycles. The molecule has 0 aliphatic carbocycles. The lowest BCUT2D eigenvalue weighted by molar-refractivity contribution is 0.00424. The van der Waals surface area contributed by atoms with Gasteiger partial charge in [-0.2, -0.15) is 8.78 Å². The van der Waals surface area contributed by atoms with Crippen LogP contribution in [0, 0.1) is 6.92 Å². The zero-order chi connectivity index (χ0) is 20.5. The number of carbonyl (C=O) groups is 1. The summed E-state index contributed by atoms with van der Waals surface area (Å²) in [4.78, 5) is 12.3. The summed E-state index contributed by atoms with van der Waals surface area (Å²) < 4.78 is 60.9. The summed E-state index contributed by atoms with van der Waals surface area (Å²) in [6, 6.07) is 13.1. The molecule has 0 aliphatic rings. The van der Waals surface area contributed by atoms with Crippen LogP contribution in [0.5, 0.6) is 5.75 Å². The highest BCUT2D eigenvalue weighted by molar-refractivity contribution is 7.90. The highest BCUT2D eigenvalue weighted by atomic mass is 32.2. The molecular formula is C20H17F2NO4S. The third-order valence-electron chi connectivity index (χ3n) is 4.25. The summed E-state index contributed by atoms with van der Waals surface area (Å²) >= 11 is 0. The summed E-state index contributed by atoms with van der Waals surface area (Å²) in [5.74, 6) is -5.14. The van der Waals surface area contributed by atoms with Crippen LogP contribution in [0.3, 0.4) is 0 Å². The number of halogens is 2. The van der Waals surface area contributed by atoms with E-state index in [0.29, 0.717) is 9.72 Å². The molecule has 0 unspecified atom stereocenters. The zero-order valence-corrected chi connectivity index (χ0v) is 15.9. The van der Waals surface area contributed by atoms with Gasteiger partial charge in [0.2, 0.25) is 5.78 Å². The Kier molecular flexibility index (Phi) is 5.08. The fourth-order valence-electron chi connectivity index (χ4n) is 2.68. The molecule has 0 spiro atoms. The van der Waals surface area contributed by atoms with E-state index < -0.39 is 27.4 Å². The Bertz CT molecular complexity index is 1100. The summed E-state index contributed by atoms with van der Waals surface area (Å²) in [6.45, 7) is 1.78. The number of alkyl halides is 2. The zero-order valence-electron chi connectivity index (χ0n) is 15.1. The van der Waals surface area contributed by atoms with Gasteiger partial charge in [0.25, 0.3) is 10.0 Å². The van der Waals surface area contributed by atoms with Crippen LogP contribution in [0.4, 0.5) is 8.78 Å². The summed E-state index contributed by atoms with van der Waals surface area (Å²) in [5, 5.41) is 0. The van der Waals surface area contributed by atoms with Crippen molar-refractivity contribution in [1.82, 2.24) is 3.97 Å². The maximum absolute atomic E-state index is 15.0. The normalized spacial score (nSPS) is 12.0. The van der Waals surface area contributed by atoms with Crippen molar-refractivity contribution in [2.45, 2.75) is 17.7 Å². The van der Waals surface area contributed by atoms with Crippen LogP contribution < -0.4 is 4.74 Å². The molecule has 0 bridgehead atoms. The van der Waals surface area contributed by atoms with Gasteiger partial charge < -0.3 is 4.74 Å². The molecule has 0 fully saturated rings. The fraction of sp³-hybridized carbons (Fsp3) is 0.150. The highest BCUT2D eigenvalue weighted by Gasteiger charge is 2.45. The SMILES string of the molecule is COc1ccc(C(=O)C(F)(F)c2cccn2S(=O)(=O)c2ccc(C)cc2)cc1. The topological polar surface area (TPSA) is 65.4 Å².